The number of rotatable bonds is 2. The first-order valence-electron chi connectivity index (χ1n) is 5.99. The van der Waals surface area contributed by atoms with Crippen LogP contribution in [0, 0.1) is 11.7 Å². The highest BCUT2D eigenvalue weighted by Gasteiger charge is 2.33. The second-order valence-corrected chi connectivity index (χ2v) is 5.15. The normalized spacial score (nSPS) is 23.4. The number of carbonyl (C=O) groups excluding carboxylic acids is 1. The number of likely N-dealkylation sites (tertiary alicyclic amines) is 1. The van der Waals surface area contributed by atoms with Gasteiger partial charge in [-0.1, -0.05) is 17.7 Å². The van der Waals surface area contributed by atoms with Crippen molar-refractivity contribution >= 4 is 17.5 Å². The molecule has 2 unspecified atom stereocenters. The van der Waals surface area contributed by atoms with Crippen molar-refractivity contribution in [2.45, 2.75) is 19.4 Å². The molecule has 3 nitrogen and oxygen atoms in total. The first-order chi connectivity index (χ1) is 8.54. The van der Waals surface area contributed by atoms with Gasteiger partial charge in [0, 0.05) is 12.6 Å². The van der Waals surface area contributed by atoms with Gasteiger partial charge in [0.25, 0.3) is 5.91 Å². The minimum Gasteiger partial charge on any atom is -0.336 e. The van der Waals surface area contributed by atoms with Crippen molar-refractivity contribution < 1.29 is 9.18 Å². The highest BCUT2D eigenvalue weighted by atomic mass is 35.5. The van der Waals surface area contributed by atoms with E-state index in [9.17, 15) is 9.18 Å². The van der Waals surface area contributed by atoms with Crippen LogP contribution in [0.15, 0.2) is 18.2 Å². The maximum Gasteiger partial charge on any atom is 0.257 e. The highest BCUT2D eigenvalue weighted by Crippen LogP contribution is 2.26. The second kappa shape index (κ2) is 5.24. The fourth-order valence-corrected chi connectivity index (χ4v) is 2.59. The number of nitrogens with two attached hydrogens (primary N) is 1. The summed E-state index contributed by atoms with van der Waals surface area (Å²) in [7, 11) is 0. The summed E-state index contributed by atoms with van der Waals surface area (Å²) in [5, 5.41) is -0.0249. The van der Waals surface area contributed by atoms with E-state index in [0.29, 0.717) is 19.0 Å². The predicted molar refractivity (Wildman–Crippen MR) is 69.1 cm³/mol. The van der Waals surface area contributed by atoms with Gasteiger partial charge in [0.1, 0.15) is 0 Å². The third-order valence-corrected chi connectivity index (χ3v) is 3.73. The van der Waals surface area contributed by atoms with Gasteiger partial charge in [-0.2, -0.15) is 0 Å². The first-order valence-corrected chi connectivity index (χ1v) is 6.37. The van der Waals surface area contributed by atoms with Gasteiger partial charge in [0.2, 0.25) is 0 Å². The molecular weight excluding hydrogens is 255 g/mol. The lowest BCUT2D eigenvalue weighted by Gasteiger charge is -2.22. The van der Waals surface area contributed by atoms with Crippen molar-refractivity contribution in [3.8, 4) is 0 Å². The number of carbonyl (C=O) groups is 1. The molecule has 2 N–H and O–H groups in total. The number of hydrogen-bond acceptors (Lipinski definition) is 2. The standard InChI is InChI=1S/C13H16ClFN2O/c1-8-5-9(6-16)7-17(8)13(18)10-3-2-4-11(14)12(10)15/h2-4,8-9H,5-7,16H2,1H3. The summed E-state index contributed by atoms with van der Waals surface area (Å²) in [6.07, 6.45) is 0.866. The minimum atomic E-state index is -0.646. The highest BCUT2D eigenvalue weighted by molar-refractivity contribution is 6.31. The van der Waals surface area contributed by atoms with Crippen LogP contribution in [0.5, 0.6) is 0 Å². The summed E-state index contributed by atoms with van der Waals surface area (Å²) in [4.78, 5) is 14.0. The Balaban J connectivity index is 2.24. The van der Waals surface area contributed by atoms with Gasteiger partial charge in [-0.05, 0) is 37.9 Å². The largest absolute Gasteiger partial charge is 0.336 e. The van der Waals surface area contributed by atoms with E-state index in [1.165, 1.54) is 12.1 Å². The van der Waals surface area contributed by atoms with E-state index in [4.69, 9.17) is 17.3 Å². The monoisotopic (exact) mass is 270 g/mol. The Hall–Kier alpha value is -1.13. The van der Waals surface area contributed by atoms with E-state index in [-0.39, 0.29) is 22.5 Å². The molecule has 0 spiro atoms. The Bertz CT molecular complexity index is 466. The van der Waals surface area contributed by atoms with Crippen LogP contribution in [-0.4, -0.2) is 29.9 Å². The maximum atomic E-state index is 13.8. The molecule has 1 amide bonds. The summed E-state index contributed by atoms with van der Waals surface area (Å²) in [5.41, 5.74) is 5.65. The number of hydrogen-bond donors (Lipinski definition) is 1. The quantitative estimate of drug-likeness (QED) is 0.896. The van der Waals surface area contributed by atoms with Crippen LogP contribution in [0.25, 0.3) is 0 Å². The van der Waals surface area contributed by atoms with Crippen molar-refractivity contribution in [1.29, 1.82) is 0 Å². The van der Waals surface area contributed by atoms with Crippen LogP contribution in [0.1, 0.15) is 23.7 Å². The summed E-state index contributed by atoms with van der Waals surface area (Å²) >= 11 is 5.69. The number of benzene rings is 1. The molecule has 1 fully saturated rings. The Labute approximate surface area is 111 Å². The summed E-state index contributed by atoms with van der Waals surface area (Å²) in [6.45, 7) is 3.09. The zero-order valence-electron chi connectivity index (χ0n) is 10.2. The SMILES string of the molecule is CC1CC(CN)CN1C(=O)c1cccc(Cl)c1F. The molecule has 1 aliphatic heterocycles. The van der Waals surface area contributed by atoms with Crippen LogP contribution in [0.4, 0.5) is 4.39 Å². The van der Waals surface area contributed by atoms with Gasteiger partial charge in [-0.3, -0.25) is 4.79 Å². The molecule has 2 atom stereocenters. The van der Waals surface area contributed by atoms with E-state index >= 15 is 0 Å². The van der Waals surface area contributed by atoms with Crippen LogP contribution in [0.2, 0.25) is 5.02 Å². The van der Waals surface area contributed by atoms with Crippen LogP contribution in [-0.2, 0) is 0 Å². The molecule has 1 saturated heterocycles. The van der Waals surface area contributed by atoms with Crippen molar-refractivity contribution in [1.82, 2.24) is 4.90 Å². The van der Waals surface area contributed by atoms with E-state index in [1.54, 1.807) is 11.0 Å². The average Bonchev–Trinajstić information content (AvgIpc) is 2.73. The van der Waals surface area contributed by atoms with E-state index in [0.717, 1.165) is 6.42 Å². The molecule has 0 bridgehead atoms. The van der Waals surface area contributed by atoms with Gasteiger partial charge >= 0.3 is 0 Å². The zero-order chi connectivity index (χ0) is 13.3. The van der Waals surface area contributed by atoms with Crippen LogP contribution >= 0.6 is 11.6 Å². The van der Waals surface area contributed by atoms with Crippen molar-refractivity contribution in [2.24, 2.45) is 11.7 Å². The van der Waals surface area contributed by atoms with Crippen LogP contribution < -0.4 is 5.73 Å². The molecule has 2 rings (SSSR count). The Morgan fingerprint density at radius 2 is 2.33 bits per heavy atom. The van der Waals surface area contributed by atoms with Crippen molar-refractivity contribution in [2.75, 3.05) is 13.1 Å². The lowest BCUT2D eigenvalue weighted by atomic mass is 10.1. The van der Waals surface area contributed by atoms with Gasteiger partial charge in [-0.15, -0.1) is 0 Å². The summed E-state index contributed by atoms with van der Waals surface area (Å²) in [6, 6.07) is 4.57. The summed E-state index contributed by atoms with van der Waals surface area (Å²) in [5.74, 6) is -0.655. The molecule has 5 heteroatoms. The molecule has 18 heavy (non-hydrogen) atoms. The molecule has 1 aromatic carbocycles. The maximum absolute atomic E-state index is 13.8. The van der Waals surface area contributed by atoms with Gasteiger partial charge in [0.05, 0.1) is 10.6 Å². The van der Waals surface area contributed by atoms with Crippen molar-refractivity contribution in [3.63, 3.8) is 0 Å². The molecule has 1 heterocycles. The molecule has 1 aliphatic rings. The van der Waals surface area contributed by atoms with E-state index in [1.807, 2.05) is 6.92 Å². The molecule has 98 valence electrons. The van der Waals surface area contributed by atoms with E-state index in [2.05, 4.69) is 0 Å². The molecule has 0 aromatic heterocycles. The molecule has 0 radical (unpaired) electrons. The van der Waals surface area contributed by atoms with E-state index < -0.39 is 5.82 Å². The Morgan fingerprint density at radius 1 is 1.61 bits per heavy atom. The fraction of sp³-hybridized carbons (Fsp3) is 0.462. The average molecular weight is 271 g/mol. The summed E-state index contributed by atoms with van der Waals surface area (Å²) < 4.78 is 13.8. The lowest BCUT2D eigenvalue weighted by Crippen LogP contribution is -2.35. The Kier molecular flexibility index (Phi) is 3.88. The number of nitrogens with zero attached hydrogens (tertiary/aromatic N) is 1. The Morgan fingerprint density at radius 3 is 2.94 bits per heavy atom. The fourth-order valence-electron chi connectivity index (χ4n) is 2.42. The lowest BCUT2D eigenvalue weighted by molar-refractivity contribution is 0.0738. The van der Waals surface area contributed by atoms with Gasteiger partial charge in [-0.25, -0.2) is 4.39 Å². The number of halogens is 2. The third-order valence-electron chi connectivity index (χ3n) is 3.44. The first kappa shape index (κ1) is 13.3. The number of amides is 1. The smallest absolute Gasteiger partial charge is 0.257 e. The van der Waals surface area contributed by atoms with Crippen molar-refractivity contribution in [3.05, 3.63) is 34.6 Å². The molecule has 1 aromatic rings. The zero-order valence-corrected chi connectivity index (χ0v) is 11.0. The van der Waals surface area contributed by atoms with Gasteiger partial charge in [0.15, 0.2) is 5.82 Å². The topological polar surface area (TPSA) is 46.3 Å². The second-order valence-electron chi connectivity index (χ2n) is 4.75. The minimum absolute atomic E-state index is 0.0249. The molecule has 0 aliphatic carbocycles. The molecule has 0 saturated carbocycles. The third kappa shape index (κ3) is 2.35. The van der Waals surface area contributed by atoms with Crippen LogP contribution in [0.3, 0.4) is 0 Å². The molecular formula is C13H16ClFN2O. The predicted octanol–water partition coefficient (Wildman–Crippen LogP) is 2.29. The van der Waals surface area contributed by atoms with Gasteiger partial charge < -0.3 is 10.6 Å².